The minimum absolute atomic E-state index is 0.136. The van der Waals surface area contributed by atoms with Crippen LogP contribution < -0.4 is 10.9 Å². The predicted molar refractivity (Wildman–Crippen MR) is 119 cm³/mol. The number of carbonyl (C=O) groups is 2. The summed E-state index contributed by atoms with van der Waals surface area (Å²) in [4.78, 5) is 40.3. The second-order valence-electron chi connectivity index (χ2n) is 6.76. The van der Waals surface area contributed by atoms with Crippen molar-refractivity contribution in [2.45, 2.75) is 13.5 Å². The molecule has 0 saturated carbocycles. The maximum Gasteiger partial charge on any atom is 0.411 e. The molecule has 0 aliphatic heterocycles. The van der Waals surface area contributed by atoms with Crippen LogP contribution >= 0.6 is 11.6 Å². The van der Waals surface area contributed by atoms with E-state index in [1.807, 2.05) is 0 Å². The van der Waals surface area contributed by atoms with Gasteiger partial charge in [-0.15, -0.1) is 0 Å². The monoisotopic (exact) mass is 452 g/mol. The average molecular weight is 453 g/mol. The van der Waals surface area contributed by atoms with Crippen molar-refractivity contribution >= 4 is 51.2 Å². The highest BCUT2D eigenvalue weighted by Gasteiger charge is 2.13. The minimum atomic E-state index is -0.618. The van der Waals surface area contributed by atoms with Gasteiger partial charge < -0.3 is 13.9 Å². The van der Waals surface area contributed by atoms with Gasteiger partial charge in [0.1, 0.15) is 17.3 Å². The number of ether oxygens (including phenoxy) is 2. The molecule has 1 N–H and O–H groups in total. The van der Waals surface area contributed by atoms with E-state index in [0.717, 1.165) is 5.39 Å². The lowest BCUT2D eigenvalue weighted by Crippen LogP contribution is -2.13. The number of hydrogen-bond acceptors (Lipinski definition) is 7. The van der Waals surface area contributed by atoms with Crippen LogP contribution in [0.15, 0.2) is 63.8 Å². The molecular weight excluding hydrogens is 436 g/mol. The first-order valence-electron chi connectivity index (χ1n) is 9.67. The fourth-order valence-electron chi connectivity index (χ4n) is 3.17. The number of hydrogen-bond donors (Lipinski definition) is 1. The third-order valence-corrected chi connectivity index (χ3v) is 4.81. The molecule has 0 radical (unpaired) electrons. The van der Waals surface area contributed by atoms with Crippen LogP contribution in [0.1, 0.15) is 22.8 Å². The van der Waals surface area contributed by atoms with Gasteiger partial charge >= 0.3 is 17.7 Å². The minimum Gasteiger partial charge on any atom is -0.457 e. The molecule has 0 fully saturated rings. The lowest BCUT2D eigenvalue weighted by molar-refractivity contribution is 0.0474. The van der Waals surface area contributed by atoms with E-state index < -0.39 is 17.7 Å². The molecule has 2 heterocycles. The van der Waals surface area contributed by atoms with Crippen molar-refractivity contribution in [3.8, 4) is 0 Å². The second kappa shape index (κ2) is 9.07. The number of aromatic nitrogens is 1. The molecule has 0 saturated heterocycles. The summed E-state index contributed by atoms with van der Waals surface area (Å²) in [6.07, 6.45) is -0.618. The van der Waals surface area contributed by atoms with Crippen molar-refractivity contribution in [1.82, 2.24) is 4.98 Å². The highest BCUT2D eigenvalue weighted by Crippen LogP contribution is 2.23. The molecule has 4 rings (SSSR count). The van der Waals surface area contributed by atoms with Gasteiger partial charge in [0.25, 0.3) is 0 Å². The highest BCUT2D eigenvalue weighted by molar-refractivity contribution is 6.29. The fourth-order valence-corrected chi connectivity index (χ4v) is 3.32. The van der Waals surface area contributed by atoms with Crippen LogP contribution in [0, 0.1) is 0 Å². The number of rotatable bonds is 5. The number of benzene rings is 2. The van der Waals surface area contributed by atoms with Crippen molar-refractivity contribution in [2.24, 2.45) is 0 Å². The van der Waals surface area contributed by atoms with Crippen LogP contribution in [-0.4, -0.2) is 23.7 Å². The summed E-state index contributed by atoms with van der Waals surface area (Å²) in [6, 6.07) is 14.4. The Morgan fingerprint density at radius 2 is 1.91 bits per heavy atom. The highest BCUT2D eigenvalue weighted by atomic mass is 35.5. The zero-order valence-corrected chi connectivity index (χ0v) is 17.6. The second-order valence-corrected chi connectivity index (χ2v) is 7.15. The van der Waals surface area contributed by atoms with Gasteiger partial charge in [0.05, 0.1) is 17.7 Å². The van der Waals surface area contributed by atoms with Crippen molar-refractivity contribution in [1.29, 1.82) is 0 Å². The molecule has 0 aliphatic carbocycles. The number of nitrogens with one attached hydrogen (secondary N) is 1. The zero-order valence-electron chi connectivity index (χ0n) is 16.9. The quantitative estimate of drug-likeness (QED) is 0.260. The summed E-state index contributed by atoms with van der Waals surface area (Å²) >= 11 is 5.88. The number of carbonyl (C=O) groups excluding carboxylic acids is 2. The number of halogens is 1. The third-order valence-electron chi connectivity index (χ3n) is 4.60. The Kier molecular flexibility index (Phi) is 6.04. The van der Waals surface area contributed by atoms with Gasteiger partial charge in [-0.3, -0.25) is 5.32 Å². The molecule has 8 nitrogen and oxygen atoms in total. The lowest BCUT2D eigenvalue weighted by atomic mass is 10.1. The molecule has 0 atom stereocenters. The standard InChI is InChI=1S/C23H17ClN2O6/c1-2-30-23(29)25-16-5-6-17-15(10-21(27)32-19(17)11-16)12-31-22(28)14-3-7-18-13(9-14)4-8-20(24)26-18/h3-11H,2,12H2,1H3,(H,25,29). The predicted octanol–water partition coefficient (Wildman–Crippen LogP) is 4.92. The largest absolute Gasteiger partial charge is 0.457 e. The van der Waals surface area contributed by atoms with Crippen LogP contribution in [0.2, 0.25) is 5.15 Å². The Bertz CT molecular complexity index is 1400. The van der Waals surface area contributed by atoms with E-state index in [1.165, 1.54) is 12.1 Å². The molecule has 0 bridgehead atoms. The molecular formula is C23H17ClN2O6. The molecule has 0 spiro atoms. The van der Waals surface area contributed by atoms with E-state index in [0.29, 0.717) is 32.9 Å². The summed E-state index contributed by atoms with van der Waals surface area (Å²) in [5.74, 6) is -0.552. The molecule has 0 unspecified atom stereocenters. The van der Waals surface area contributed by atoms with E-state index in [2.05, 4.69) is 10.3 Å². The molecule has 2 aromatic carbocycles. The van der Waals surface area contributed by atoms with E-state index in [-0.39, 0.29) is 18.8 Å². The summed E-state index contributed by atoms with van der Waals surface area (Å²) in [5, 5.41) is 4.23. The topological polar surface area (TPSA) is 108 Å². The smallest absolute Gasteiger partial charge is 0.411 e. The summed E-state index contributed by atoms with van der Waals surface area (Å²) in [5.41, 5.74) is 1.51. The van der Waals surface area contributed by atoms with Crippen LogP contribution in [-0.2, 0) is 16.1 Å². The van der Waals surface area contributed by atoms with Gasteiger partial charge in [0, 0.05) is 34.2 Å². The van der Waals surface area contributed by atoms with Gasteiger partial charge in [0.15, 0.2) is 0 Å². The first kappa shape index (κ1) is 21.3. The first-order chi connectivity index (χ1) is 15.4. The van der Waals surface area contributed by atoms with Gasteiger partial charge in [-0.2, -0.15) is 0 Å². The Morgan fingerprint density at radius 1 is 1.06 bits per heavy atom. The van der Waals surface area contributed by atoms with Crippen LogP contribution in [0.4, 0.5) is 10.5 Å². The molecule has 1 amide bonds. The summed E-state index contributed by atoms with van der Waals surface area (Å²) in [6.45, 7) is 1.78. The van der Waals surface area contributed by atoms with Crippen LogP contribution in [0.5, 0.6) is 0 Å². The molecule has 4 aromatic rings. The van der Waals surface area contributed by atoms with Crippen LogP contribution in [0.3, 0.4) is 0 Å². The number of esters is 1. The Hall–Kier alpha value is -3.91. The van der Waals surface area contributed by atoms with E-state index >= 15 is 0 Å². The van der Waals surface area contributed by atoms with Crippen molar-refractivity contribution in [2.75, 3.05) is 11.9 Å². The normalized spacial score (nSPS) is 10.8. The summed E-state index contributed by atoms with van der Waals surface area (Å²) in [7, 11) is 0. The number of anilines is 1. The Morgan fingerprint density at radius 3 is 2.72 bits per heavy atom. The molecule has 9 heteroatoms. The zero-order chi connectivity index (χ0) is 22.7. The van der Waals surface area contributed by atoms with Gasteiger partial charge in [-0.1, -0.05) is 11.6 Å². The molecule has 32 heavy (non-hydrogen) atoms. The van der Waals surface area contributed by atoms with Crippen molar-refractivity contribution in [3.63, 3.8) is 0 Å². The number of pyridine rings is 1. The Balaban J connectivity index is 1.54. The molecule has 162 valence electrons. The SMILES string of the molecule is CCOC(=O)Nc1ccc2c(COC(=O)c3ccc4nc(Cl)ccc4c3)cc(=O)oc2c1. The fraction of sp³-hybridized carbons (Fsp3) is 0.130. The molecule has 2 aromatic heterocycles. The van der Waals surface area contributed by atoms with Gasteiger partial charge in [-0.25, -0.2) is 19.4 Å². The first-order valence-corrected chi connectivity index (χ1v) is 10.0. The van der Waals surface area contributed by atoms with Crippen LogP contribution in [0.25, 0.3) is 21.9 Å². The maximum atomic E-state index is 12.6. The Labute approximate surface area is 186 Å². The third kappa shape index (κ3) is 4.70. The summed E-state index contributed by atoms with van der Waals surface area (Å²) < 4.78 is 15.5. The maximum absolute atomic E-state index is 12.6. The average Bonchev–Trinajstić information content (AvgIpc) is 2.76. The lowest BCUT2D eigenvalue weighted by Gasteiger charge is -2.09. The van der Waals surface area contributed by atoms with E-state index in [9.17, 15) is 14.4 Å². The number of amides is 1. The van der Waals surface area contributed by atoms with Gasteiger partial charge in [0.2, 0.25) is 0 Å². The number of nitrogens with zero attached hydrogens (tertiary/aromatic N) is 1. The van der Waals surface area contributed by atoms with Crippen molar-refractivity contribution < 1.29 is 23.5 Å². The molecule has 0 aliphatic rings. The van der Waals surface area contributed by atoms with Gasteiger partial charge in [-0.05, 0) is 49.4 Å². The van der Waals surface area contributed by atoms with Crippen molar-refractivity contribution in [3.05, 3.63) is 81.3 Å². The van der Waals surface area contributed by atoms with E-state index in [4.69, 9.17) is 25.5 Å². The van der Waals surface area contributed by atoms with E-state index in [1.54, 1.807) is 49.4 Å². The number of fused-ring (bicyclic) bond motifs is 2.